The van der Waals surface area contributed by atoms with E-state index in [0.29, 0.717) is 17.4 Å². The fourth-order valence-electron chi connectivity index (χ4n) is 4.96. The lowest BCUT2D eigenvalue weighted by Gasteiger charge is -2.43. The zero-order valence-electron chi connectivity index (χ0n) is 20.8. The molecule has 39 heavy (non-hydrogen) atoms. The summed E-state index contributed by atoms with van der Waals surface area (Å²) in [5, 5.41) is 15.4. The number of aryl methyl sites for hydroxylation is 1. The van der Waals surface area contributed by atoms with Gasteiger partial charge in [0.15, 0.2) is 0 Å². The molecule has 1 aliphatic carbocycles. The van der Waals surface area contributed by atoms with Crippen LogP contribution in [-0.4, -0.2) is 40.6 Å². The number of terminal acetylenes is 1. The molecule has 0 bridgehead atoms. The van der Waals surface area contributed by atoms with Gasteiger partial charge in [0.25, 0.3) is 0 Å². The molecule has 1 fully saturated rings. The van der Waals surface area contributed by atoms with E-state index in [9.17, 15) is 27.5 Å². The van der Waals surface area contributed by atoms with Crippen molar-refractivity contribution < 1.29 is 31.8 Å². The van der Waals surface area contributed by atoms with Gasteiger partial charge in [-0.3, -0.25) is 0 Å². The average Bonchev–Trinajstić information content (AvgIpc) is 2.86. The van der Waals surface area contributed by atoms with E-state index in [1.54, 1.807) is 12.2 Å². The molecule has 0 amide bonds. The smallest absolute Gasteiger partial charge is 0.457 e. The number of benzene rings is 2. The second-order valence-corrected chi connectivity index (χ2v) is 9.39. The van der Waals surface area contributed by atoms with Crippen molar-refractivity contribution in [1.29, 1.82) is 0 Å². The Labute approximate surface area is 219 Å². The number of methoxy groups -OCH3 is 1. The Kier molecular flexibility index (Phi) is 6.34. The van der Waals surface area contributed by atoms with Crippen LogP contribution >= 0.6 is 0 Å². The Balaban J connectivity index is 1.69. The zero-order valence-corrected chi connectivity index (χ0v) is 20.8. The number of hydrogen-bond acceptors (Lipinski definition) is 8. The maximum absolute atomic E-state index is 14.6. The van der Waals surface area contributed by atoms with Gasteiger partial charge in [-0.2, -0.15) is 23.1 Å². The van der Waals surface area contributed by atoms with Crippen molar-refractivity contribution in [3.05, 3.63) is 51.6 Å². The number of aromatic nitrogens is 2. The molecule has 1 saturated carbocycles. The third kappa shape index (κ3) is 4.70. The molecule has 1 aliphatic rings. The van der Waals surface area contributed by atoms with Crippen LogP contribution in [0.25, 0.3) is 33.0 Å². The summed E-state index contributed by atoms with van der Waals surface area (Å²) in [6.45, 7) is 1.41. The Morgan fingerprint density at radius 1 is 1.23 bits per heavy atom. The summed E-state index contributed by atoms with van der Waals surface area (Å²) in [5.74, 6) is 1.36. The highest BCUT2D eigenvalue weighted by atomic mass is 19.4. The number of alkyl halides is 3. The predicted molar refractivity (Wildman–Crippen MR) is 136 cm³/mol. The summed E-state index contributed by atoms with van der Waals surface area (Å²) in [6, 6.07) is 5.14. The maximum Gasteiger partial charge on any atom is 0.457 e. The molecule has 0 saturated heterocycles. The van der Waals surface area contributed by atoms with Gasteiger partial charge in [0.1, 0.15) is 28.5 Å². The molecule has 4 aromatic rings. The number of hydrogen-bond donors (Lipinski definition) is 3. The van der Waals surface area contributed by atoms with Crippen LogP contribution in [0.1, 0.15) is 30.4 Å². The van der Waals surface area contributed by atoms with Crippen LogP contribution in [0.15, 0.2) is 33.5 Å². The largest absolute Gasteiger partial charge is 0.508 e. The van der Waals surface area contributed by atoms with Crippen LogP contribution in [-0.2, 0) is 0 Å². The van der Waals surface area contributed by atoms with E-state index in [0.717, 1.165) is 0 Å². The van der Waals surface area contributed by atoms with Crippen molar-refractivity contribution in [1.82, 2.24) is 15.3 Å². The number of phenols is 1. The molecule has 0 aliphatic heterocycles. The average molecular weight is 542 g/mol. The molecule has 8 nitrogen and oxygen atoms in total. The molecule has 2 heterocycles. The first kappa shape index (κ1) is 26.2. The van der Waals surface area contributed by atoms with E-state index >= 15 is 0 Å². The molecule has 0 spiro atoms. The molecular formula is C27H22F4N4O4. The first-order valence-corrected chi connectivity index (χ1v) is 11.9. The molecule has 202 valence electrons. The first-order valence-electron chi connectivity index (χ1n) is 11.9. The summed E-state index contributed by atoms with van der Waals surface area (Å²) in [6.07, 6.45) is 2.15. The summed E-state index contributed by atoms with van der Waals surface area (Å²) >= 11 is 0. The lowest BCUT2D eigenvalue weighted by atomic mass is 9.76. The molecule has 0 atom stereocenters. The van der Waals surface area contributed by atoms with Gasteiger partial charge < -0.3 is 19.6 Å². The number of nitrogens with zero attached hydrogens (tertiary/aromatic N) is 2. The quantitative estimate of drug-likeness (QED) is 0.178. The summed E-state index contributed by atoms with van der Waals surface area (Å²) in [4.78, 5) is 21.8. The van der Waals surface area contributed by atoms with Gasteiger partial charge in [-0.05, 0) is 49.8 Å². The second-order valence-electron chi connectivity index (χ2n) is 9.39. The predicted octanol–water partition coefficient (Wildman–Crippen LogP) is 4.99. The van der Waals surface area contributed by atoms with Crippen LogP contribution in [0.2, 0.25) is 0 Å². The number of aromatic hydroxyl groups is 1. The highest BCUT2D eigenvalue weighted by Gasteiger charge is 2.45. The zero-order chi connectivity index (χ0) is 28.1. The van der Waals surface area contributed by atoms with Crippen LogP contribution < -0.4 is 21.0 Å². The lowest BCUT2D eigenvalue weighted by Crippen LogP contribution is -2.60. The van der Waals surface area contributed by atoms with Gasteiger partial charge >= 0.3 is 17.9 Å². The summed E-state index contributed by atoms with van der Waals surface area (Å²) in [7, 11) is 1.30. The normalized spacial score (nSPS) is 14.7. The molecular weight excluding hydrogens is 520 g/mol. The molecule has 2 aromatic carbocycles. The number of anilines is 1. The lowest BCUT2D eigenvalue weighted by molar-refractivity contribution is -0.182. The topological polar surface area (TPSA) is 110 Å². The Hall–Kier alpha value is -4.37. The Bertz CT molecular complexity index is 1720. The van der Waals surface area contributed by atoms with Crippen molar-refractivity contribution in [2.24, 2.45) is 0 Å². The monoisotopic (exact) mass is 542 g/mol. The fourth-order valence-corrected chi connectivity index (χ4v) is 4.96. The number of fused-ring (bicyclic) bond motifs is 2. The van der Waals surface area contributed by atoms with E-state index in [2.05, 4.69) is 21.2 Å². The summed E-state index contributed by atoms with van der Waals surface area (Å²) in [5.41, 5.74) is -1.69. The molecule has 0 unspecified atom stereocenters. The summed E-state index contributed by atoms with van der Waals surface area (Å²) < 4.78 is 64.8. The van der Waals surface area contributed by atoms with Crippen LogP contribution in [0.4, 0.5) is 23.4 Å². The van der Waals surface area contributed by atoms with Crippen LogP contribution in [0.3, 0.4) is 0 Å². The minimum Gasteiger partial charge on any atom is -0.508 e. The fraction of sp³-hybridized carbons (Fsp3) is 0.296. The number of ether oxygens (including phenoxy) is 1. The van der Waals surface area contributed by atoms with Crippen molar-refractivity contribution >= 4 is 27.5 Å². The molecule has 0 radical (unpaired) electrons. The Morgan fingerprint density at radius 3 is 2.59 bits per heavy atom. The van der Waals surface area contributed by atoms with Gasteiger partial charge in [-0.15, -0.1) is 6.42 Å². The number of halogens is 4. The van der Waals surface area contributed by atoms with Gasteiger partial charge in [0, 0.05) is 28.6 Å². The van der Waals surface area contributed by atoms with Crippen LogP contribution in [0.5, 0.6) is 11.8 Å². The van der Waals surface area contributed by atoms with Gasteiger partial charge in [-0.1, -0.05) is 12.0 Å². The number of rotatable bonds is 6. The minimum absolute atomic E-state index is 0.0311. The minimum atomic E-state index is -4.58. The molecule has 12 heteroatoms. The standard InChI is InChI=1S/C27H22F4N4O4/c1-4-16-18(28)7-6-14-10-15(36)11-17(19(14)16)22-13(2)21-20(24(37)39-22)23(34-25(33-21)38-3)32-12-26(8-5-9-26)35-27(29,30)31/h1,6-7,10-11,35-36H,5,8-9,12H2,2-3H3,(H,32,33,34). The van der Waals surface area contributed by atoms with Crippen molar-refractivity contribution in [2.75, 3.05) is 19.0 Å². The highest BCUT2D eigenvalue weighted by Crippen LogP contribution is 2.39. The first-order chi connectivity index (χ1) is 18.4. The maximum atomic E-state index is 14.6. The molecule has 5 rings (SSSR count). The van der Waals surface area contributed by atoms with Gasteiger partial charge in [0.2, 0.25) is 0 Å². The van der Waals surface area contributed by atoms with Crippen molar-refractivity contribution in [2.45, 2.75) is 38.0 Å². The SMILES string of the molecule is C#Cc1c(F)ccc2cc(O)cc(-c3oc(=O)c4c(NCC5(NC(F)(F)F)CCC5)nc(OC)nc4c3C)c12. The van der Waals surface area contributed by atoms with Crippen molar-refractivity contribution in [3.8, 4) is 35.4 Å². The highest BCUT2D eigenvalue weighted by molar-refractivity contribution is 6.03. The third-order valence-corrected chi connectivity index (χ3v) is 6.92. The van der Waals surface area contributed by atoms with E-state index in [1.807, 2.05) is 0 Å². The number of phenolic OH excluding ortho intramolecular Hbond substituents is 1. The van der Waals surface area contributed by atoms with E-state index in [1.165, 1.54) is 31.4 Å². The van der Waals surface area contributed by atoms with E-state index in [4.69, 9.17) is 15.6 Å². The number of nitrogens with one attached hydrogen (secondary N) is 2. The van der Waals surface area contributed by atoms with E-state index < -0.39 is 23.3 Å². The van der Waals surface area contributed by atoms with E-state index in [-0.39, 0.29) is 70.1 Å². The van der Waals surface area contributed by atoms with Crippen LogP contribution in [0, 0.1) is 25.1 Å². The second kappa shape index (κ2) is 9.43. The van der Waals surface area contributed by atoms with Crippen molar-refractivity contribution in [3.63, 3.8) is 0 Å². The third-order valence-electron chi connectivity index (χ3n) is 6.92. The Morgan fingerprint density at radius 2 is 1.97 bits per heavy atom. The molecule has 2 aromatic heterocycles. The van der Waals surface area contributed by atoms with Gasteiger partial charge in [-0.25, -0.2) is 14.5 Å². The van der Waals surface area contributed by atoms with Gasteiger partial charge in [0.05, 0.1) is 18.2 Å². The molecule has 3 N–H and O–H groups in total.